The van der Waals surface area contributed by atoms with Crippen molar-refractivity contribution >= 4 is 29.0 Å². The Morgan fingerprint density at radius 2 is 1.83 bits per heavy atom. The summed E-state index contributed by atoms with van der Waals surface area (Å²) in [7, 11) is 1.51. The van der Waals surface area contributed by atoms with E-state index in [1.807, 2.05) is 0 Å². The molecule has 0 radical (unpaired) electrons. The number of aryl methyl sites for hydroxylation is 1. The van der Waals surface area contributed by atoms with Crippen LogP contribution in [0.15, 0.2) is 36.4 Å². The minimum Gasteiger partial charge on any atom is -0.376 e. The van der Waals surface area contributed by atoms with Crippen LogP contribution in [0.5, 0.6) is 0 Å². The predicted molar refractivity (Wildman–Crippen MR) is 106 cm³/mol. The highest BCUT2D eigenvalue weighted by Gasteiger charge is 2.56. The minimum atomic E-state index is -5.12. The van der Waals surface area contributed by atoms with Crippen LogP contribution in [0.2, 0.25) is 10.0 Å². The van der Waals surface area contributed by atoms with Gasteiger partial charge < -0.3 is 14.6 Å². The SMILES string of the molecule is COCOC1CCc2cc(C(=O)C[C@@](O)(c3cc(Cl)cc(Cl)c3)C(F)(F)F)ccc21. The van der Waals surface area contributed by atoms with Crippen molar-refractivity contribution in [3.8, 4) is 0 Å². The number of carbonyl (C=O) groups is 1. The number of rotatable bonds is 7. The number of hydrogen-bond donors (Lipinski definition) is 1. The second kappa shape index (κ2) is 8.85. The van der Waals surface area contributed by atoms with Gasteiger partial charge in [-0.25, -0.2) is 0 Å². The first-order valence-corrected chi connectivity index (χ1v) is 9.83. The molecule has 0 aromatic heterocycles. The monoisotopic (exact) mass is 462 g/mol. The third-order valence-electron chi connectivity index (χ3n) is 5.10. The zero-order chi connectivity index (χ0) is 22.1. The van der Waals surface area contributed by atoms with Crippen LogP contribution in [-0.4, -0.2) is 31.0 Å². The van der Waals surface area contributed by atoms with Crippen LogP contribution in [0, 0.1) is 0 Å². The first kappa shape index (κ1) is 23.0. The molecule has 3 rings (SSSR count). The summed E-state index contributed by atoms with van der Waals surface area (Å²) in [4.78, 5) is 12.7. The molecule has 4 nitrogen and oxygen atoms in total. The van der Waals surface area contributed by atoms with Crippen molar-refractivity contribution in [1.82, 2.24) is 0 Å². The van der Waals surface area contributed by atoms with Crippen LogP contribution in [-0.2, 0) is 21.5 Å². The van der Waals surface area contributed by atoms with Crippen molar-refractivity contribution in [2.24, 2.45) is 0 Å². The lowest BCUT2D eigenvalue weighted by Gasteiger charge is -2.30. The smallest absolute Gasteiger partial charge is 0.376 e. The second-order valence-electron chi connectivity index (χ2n) is 7.13. The van der Waals surface area contributed by atoms with Gasteiger partial charge in [0.2, 0.25) is 0 Å². The molecule has 2 aromatic rings. The zero-order valence-corrected chi connectivity index (χ0v) is 17.4. The van der Waals surface area contributed by atoms with Crippen LogP contribution >= 0.6 is 23.2 Å². The van der Waals surface area contributed by atoms with Gasteiger partial charge in [-0.2, -0.15) is 13.2 Å². The molecule has 0 aliphatic heterocycles. The van der Waals surface area contributed by atoms with Gasteiger partial charge in [0, 0.05) is 22.7 Å². The van der Waals surface area contributed by atoms with Gasteiger partial charge in [0.05, 0.1) is 12.5 Å². The molecule has 0 saturated heterocycles. The molecule has 0 heterocycles. The maximum Gasteiger partial charge on any atom is 0.421 e. The Morgan fingerprint density at radius 1 is 1.17 bits per heavy atom. The van der Waals surface area contributed by atoms with Crippen LogP contribution in [0.25, 0.3) is 0 Å². The molecule has 162 valence electrons. The topological polar surface area (TPSA) is 55.8 Å². The summed E-state index contributed by atoms with van der Waals surface area (Å²) in [5.41, 5.74) is -2.24. The summed E-state index contributed by atoms with van der Waals surface area (Å²) >= 11 is 11.6. The Balaban J connectivity index is 1.89. The average molecular weight is 463 g/mol. The van der Waals surface area contributed by atoms with Gasteiger partial charge in [-0.15, -0.1) is 0 Å². The Hall–Kier alpha value is -1.64. The molecular weight excluding hydrogens is 444 g/mol. The van der Waals surface area contributed by atoms with Gasteiger partial charge in [0.25, 0.3) is 0 Å². The van der Waals surface area contributed by atoms with Crippen molar-refractivity contribution in [1.29, 1.82) is 0 Å². The number of methoxy groups -OCH3 is 1. The lowest BCUT2D eigenvalue weighted by Crippen LogP contribution is -2.44. The van der Waals surface area contributed by atoms with Gasteiger partial charge in [-0.3, -0.25) is 4.79 Å². The molecule has 0 spiro atoms. The van der Waals surface area contributed by atoms with E-state index in [0.29, 0.717) is 12.8 Å². The Bertz CT molecular complexity index is 928. The largest absolute Gasteiger partial charge is 0.421 e. The lowest BCUT2D eigenvalue weighted by atomic mass is 9.86. The van der Waals surface area contributed by atoms with Crippen LogP contribution in [0.1, 0.15) is 46.0 Å². The van der Waals surface area contributed by atoms with Crippen LogP contribution < -0.4 is 0 Å². The molecule has 1 N–H and O–H groups in total. The number of ether oxygens (including phenoxy) is 2. The van der Waals surface area contributed by atoms with Gasteiger partial charge in [-0.1, -0.05) is 35.3 Å². The van der Waals surface area contributed by atoms with Crippen molar-refractivity contribution in [2.75, 3.05) is 13.9 Å². The van der Waals surface area contributed by atoms with Gasteiger partial charge >= 0.3 is 6.18 Å². The van der Waals surface area contributed by atoms with Crippen molar-refractivity contribution in [3.63, 3.8) is 0 Å². The maximum absolute atomic E-state index is 13.8. The maximum atomic E-state index is 13.8. The number of Topliss-reactive ketones (excluding diaryl/α,β-unsaturated/α-hetero) is 1. The van der Waals surface area contributed by atoms with E-state index in [4.69, 9.17) is 32.7 Å². The molecule has 1 aliphatic carbocycles. The quantitative estimate of drug-likeness (QED) is 0.428. The molecule has 2 atom stereocenters. The summed E-state index contributed by atoms with van der Waals surface area (Å²) in [6, 6.07) is 7.81. The lowest BCUT2D eigenvalue weighted by molar-refractivity contribution is -0.264. The highest BCUT2D eigenvalue weighted by atomic mass is 35.5. The molecule has 0 fully saturated rings. The normalized spacial score (nSPS) is 18.2. The first-order valence-electron chi connectivity index (χ1n) is 9.07. The van der Waals surface area contributed by atoms with Crippen LogP contribution in [0.3, 0.4) is 0 Å². The number of alkyl halides is 3. The number of ketones is 1. The van der Waals surface area contributed by atoms with E-state index < -0.39 is 29.5 Å². The molecule has 0 bridgehead atoms. The van der Waals surface area contributed by atoms with Gasteiger partial charge in [0.15, 0.2) is 11.4 Å². The van der Waals surface area contributed by atoms with E-state index >= 15 is 0 Å². The predicted octanol–water partition coefficient (Wildman–Crippen LogP) is 5.62. The number of aliphatic hydroxyl groups is 1. The third kappa shape index (κ3) is 4.65. The van der Waals surface area contributed by atoms with E-state index in [9.17, 15) is 23.1 Å². The highest BCUT2D eigenvalue weighted by molar-refractivity contribution is 6.34. The second-order valence-corrected chi connectivity index (χ2v) is 8.00. The number of fused-ring (bicyclic) bond motifs is 1. The summed E-state index contributed by atoms with van der Waals surface area (Å²) < 4.78 is 51.9. The zero-order valence-electron chi connectivity index (χ0n) is 15.9. The summed E-state index contributed by atoms with van der Waals surface area (Å²) in [5.74, 6) is -0.852. The van der Waals surface area contributed by atoms with Crippen molar-refractivity contribution in [3.05, 3.63) is 68.7 Å². The van der Waals surface area contributed by atoms with Crippen molar-refractivity contribution in [2.45, 2.75) is 37.1 Å². The van der Waals surface area contributed by atoms with Crippen LogP contribution in [0.4, 0.5) is 13.2 Å². The van der Waals surface area contributed by atoms with E-state index in [1.165, 1.54) is 19.2 Å². The number of benzene rings is 2. The fourth-order valence-electron chi connectivity index (χ4n) is 3.57. The fourth-order valence-corrected chi connectivity index (χ4v) is 4.09. The summed E-state index contributed by atoms with van der Waals surface area (Å²) in [6.07, 6.45) is -5.20. The molecule has 9 heteroatoms. The standard InChI is InChI=1S/C21H19Cl2F3O4/c1-29-11-30-19-5-3-12-6-13(2-4-17(12)19)18(27)10-20(28,21(24,25)26)14-7-15(22)9-16(23)8-14/h2,4,6-9,19,28H,3,5,10-11H2,1H3/t19?,20-/m1/s1. The molecule has 0 saturated carbocycles. The highest BCUT2D eigenvalue weighted by Crippen LogP contribution is 2.44. The number of hydrogen-bond acceptors (Lipinski definition) is 4. The molecule has 1 aliphatic rings. The average Bonchev–Trinajstić information content (AvgIpc) is 3.06. The molecule has 30 heavy (non-hydrogen) atoms. The Morgan fingerprint density at radius 3 is 2.43 bits per heavy atom. The molecule has 1 unspecified atom stereocenters. The first-order chi connectivity index (χ1) is 14.0. The Kier molecular flexibility index (Phi) is 6.79. The minimum absolute atomic E-state index is 0.0766. The van der Waals surface area contributed by atoms with E-state index in [2.05, 4.69) is 0 Å². The summed E-state index contributed by atoms with van der Waals surface area (Å²) in [5, 5.41) is 10.4. The van der Waals surface area contributed by atoms with Gasteiger partial charge in [0.1, 0.15) is 6.79 Å². The number of carbonyl (C=O) groups excluding carboxylic acids is 1. The summed E-state index contributed by atoms with van der Waals surface area (Å²) in [6.45, 7) is 0.117. The van der Waals surface area contributed by atoms with E-state index in [-0.39, 0.29) is 28.5 Å². The van der Waals surface area contributed by atoms with Crippen molar-refractivity contribution < 1.29 is 32.5 Å². The third-order valence-corrected chi connectivity index (χ3v) is 5.54. The molecule has 2 aromatic carbocycles. The Labute approximate surface area is 181 Å². The molecular formula is C21H19Cl2F3O4. The molecule has 0 amide bonds. The van der Waals surface area contributed by atoms with E-state index in [0.717, 1.165) is 23.3 Å². The van der Waals surface area contributed by atoms with E-state index in [1.54, 1.807) is 12.1 Å². The fraction of sp³-hybridized carbons (Fsp3) is 0.381. The van der Waals surface area contributed by atoms with Gasteiger partial charge in [-0.05, 0) is 53.8 Å². The number of halogens is 5.